The van der Waals surface area contributed by atoms with Crippen molar-refractivity contribution in [1.29, 1.82) is 0 Å². The molecular weight excluding hydrogens is 339 g/mol. The molecule has 0 radical (unpaired) electrons. The fourth-order valence-electron chi connectivity index (χ4n) is 1.32. The van der Waals surface area contributed by atoms with Gasteiger partial charge in [0.2, 0.25) is 0 Å². The first-order valence-corrected chi connectivity index (χ1v) is 6.34. The first kappa shape index (κ1) is 11.2. The number of hydrogen-bond acceptors (Lipinski definition) is 0. The van der Waals surface area contributed by atoms with Crippen LogP contribution in [0.25, 0.3) is 11.1 Å². The third-order valence-electron chi connectivity index (χ3n) is 2.10. The topological polar surface area (TPSA) is 0 Å². The van der Waals surface area contributed by atoms with Gasteiger partial charge in [-0.05, 0) is 67.3 Å². The average molecular weight is 346 g/mol. The molecule has 0 bridgehead atoms. The molecule has 0 aliphatic heterocycles. The van der Waals surface area contributed by atoms with Gasteiger partial charge in [0, 0.05) is 14.0 Å². The molecule has 2 aromatic rings. The van der Waals surface area contributed by atoms with Crippen molar-refractivity contribution in [1.82, 2.24) is 0 Å². The van der Waals surface area contributed by atoms with Crippen molar-refractivity contribution in [3.63, 3.8) is 0 Å². The molecule has 0 N–H and O–H groups in total. The highest BCUT2D eigenvalue weighted by atomic mass is 79.9. The molecule has 0 heterocycles. The standard InChI is InChI=1S/C12H7Br2Cl/c13-11-6-3-9(7-12(11)14)8-1-4-10(15)5-2-8/h1-7H. The fraction of sp³-hybridized carbons (Fsp3) is 0. The van der Waals surface area contributed by atoms with Gasteiger partial charge in [-0.15, -0.1) is 0 Å². The van der Waals surface area contributed by atoms with E-state index in [0.717, 1.165) is 19.5 Å². The van der Waals surface area contributed by atoms with Crippen molar-refractivity contribution >= 4 is 43.5 Å². The summed E-state index contributed by atoms with van der Waals surface area (Å²) in [4.78, 5) is 0. The summed E-state index contributed by atoms with van der Waals surface area (Å²) in [5.74, 6) is 0. The Bertz CT molecular complexity index is 477. The molecule has 0 atom stereocenters. The number of benzene rings is 2. The summed E-state index contributed by atoms with van der Waals surface area (Å²) in [6, 6.07) is 14.0. The van der Waals surface area contributed by atoms with Crippen molar-refractivity contribution in [2.75, 3.05) is 0 Å². The van der Waals surface area contributed by atoms with Crippen molar-refractivity contribution in [2.45, 2.75) is 0 Å². The van der Waals surface area contributed by atoms with Crippen LogP contribution in [-0.2, 0) is 0 Å². The van der Waals surface area contributed by atoms with E-state index in [4.69, 9.17) is 11.6 Å². The maximum atomic E-state index is 5.84. The molecular formula is C12H7Br2Cl. The van der Waals surface area contributed by atoms with Crippen molar-refractivity contribution in [3.05, 3.63) is 56.4 Å². The largest absolute Gasteiger partial charge is 0.0843 e. The fourth-order valence-corrected chi connectivity index (χ4v) is 2.07. The lowest BCUT2D eigenvalue weighted by Gasteiger charge is -2.03. The van der Waals surface area contributed by atoms with E-state index in [-0.39, 0.29) is 0 Å². The molecule has 2 rings (SSSR count). The van der Waals surface area contributed by atoms with Gasteiger partial charge in [-0.3, -0.25) is 0 Å². The first-order chi connectivity index (χ1) is 7.16. The Morgan fingerprint density at radius 3 is 1.93 bits per heavy atom. The van der Waals surface area contributed by atoms with Gasteiger partial charge in [0.15, 0.2) is 0 Å². The van der Waals surface area contributed by atoms with E-state index >= 15 is 0 Å². The zero-order valence-corrected chi connectivity index (χ0v) is 11.6. The summed E-state index contributed by atoms with van der Waals surface area (Å²) in [6.45, 7) is 0. The van der Waals surface area contributed by atoms with E-state index in [0.29, 0.717) is 0 Å². The number of hydrogen-bond donors (Lipinski definition) is 0. The summed E-state index contributed by atoms with van der Waals surface area (Å²) >= 11 is 12.8. The lowest BCUT2D eigenvalue weighted by Crippen LogP contribution is -1.78. The molecule has 15 heavy (non-hydrogen) atoms. The highest BCUT2D eigenvalue weighted by molar-refractivity contribution is 9.13. The van der Waals surface area contributed by atoms with E-state index in [2.05, 4.69) is 44.0 Å². The molecule has 76 valence electrons. The second-order valence-electron chi connectivity index (χ2n) is 3.14. The molecule has 0 aliphatic rings. The predicted molar refractivity (Wildman–Crippen MR) is 72.3 cm³/mol. The molecule has 2 aromatic carbocycles. The lowest BCUT2D eigenvalue weighted by molar-refractivity contribution is 1.56. The molecule has 3 heteroatoms. The summed E-state index contributed by atoms with van der Waals surface area (Å²) < 4.78 is 2.11. The molecule has 0 nitrogen and oxygen atoms in total. The molecule has 0 aliphatic carbocycles. The Morgan fingerprint density at radius 1 is 0.733 bits per heavy atom. The van der Waals surface area contributed by atoms with Crippen LogP contribution in [-0.4, -0.2) is 0 Å². The highest BCUT2D eigenvalue weighted by Gasteiger charge is 2.01. The SMILES string of the molecule is Clc1ccc(-c2ccc(Br)c(Br)c2)cc1. The Balaban J connectivity index is 2.45. The van der Waals surface area contributed by atoms with Gasteiger partial charge in [-0.1, -0.05) is 29.8 Å². The maximum Gasteiger partial charge on any atom is 0.0406 e. The molecule has 0 aromatic heterocycles. The summed E-state index contributed by atoms with van der Waals surface area (Å²) in [5.41, 5.74) is 2.33. The van der Waals surface area contributed by atoms with E-state index in [9.17, 15) is 0 Å². The zero-order valence-electron chi connectivity index (χ0n) is 7.68. The van der Waals surface area contributed by atoms with E-state index < -0.39 is 0 Å². The average Bonchev–Trinajstić information content (AvgIpc) is 2.23. The van der Waals surface area contributed by atoms with Crippen LogP contribution in [0.3, 0.4) is 0 Å². The Morgan fingerprint density at radius 2 is 1.33 bits per heavy atom. The van der Waals surface area contributed by atoms with Crippen molar-refractivity contribution in [3.8, 4) is 11.1 Å². The predicted octanol–water partition coefficient (Wildman–Crippen LogP) is 5.53. The van der Waals surface area contributed by atoms with E-state index in [1.54, 1.807) is 0 Å². The second-order valence-corrected chi connectivity index (χ2v) is 5.28. The second kappa shape index (κ2) is 4.69. The van der Waals surface area contributed by atoms with E-state index in [1.165, 1.54) is 5.56 Å². The third-order valence-corrected chi connectivity index (χ3v) is 4.23. The van der Waals surface area contributed by atoms with Crippen LogP contribution in [0.15, 0.2) is 51.4 Å². The Labute approximate surface area is 111 Å². The summed E-state index contributed by atoms with van der Waals surface area (Å²) in [5, 5.41) is 0.759. The molecule has 0 amide bonds. The molecule has 0 fully saturated rings. The minimum atomic E-state index is 0.759. The van der Waals surface area contributed by atoms with Gasteiger partial charge >= 0.3 is 0 Å². The lowest BCUT2D eigenvalue weighted by atomic mass is 10.1. The number of rotatable bonds is 1. The van der Waals surface area contributed by atoms with Crippen molar-refractivity contribution in [2.24, 2.45) is 0 Å². The van der Waals surface area contributed by atoms with Crippen LogP contribution < -0.4 is 0 Å². The Hall–Kier alpha value is -0.310. The summed E-state index contributed by atoms with van der Waals surface area (Å²) in [6.07, 6.45) is 0. The van der Waals surface area contributed by atoms with E-state index in [1.807, 2.05) is 30.3 Å². The zero-order chi connectivity index (χ0) is 10.8. The van der Waals surface area contributed by atoms with Gasteiger partial charge < -0.3 is 0 Å². The molecule has 0 saturated carbocycles. The first-order valence-electron chi connectivity index (χ1n) is 4.38. The van der Waals surface area contributed by atoms with Gasteiger partial charge in [0.05, 0.1) is 0 Å². The minimum Gasteiger partial charge on any atom is -0.0843 e. The van der Waals surface area contributed by atoms with Crippen LogP contribution >= 0.6 is 43.5 Å². The van der Waals surface area contributed by atoms with Gasteiger partial charge in [0.25, 0.3) is 0 Å². The monoisotopic (exact) mass is 344 g/mol. The van der Waals surface area contributed by atoms with Crippen LogP contribution in [0.5, 0.6) is 0 Å². The van der Waals surface area contributed by atoms with Gasteiger partial charge in [-0.25, -0.2) is 0 Å². The third kappa shape index (κ3) is 2.63. The van der Waals surface area contributed by atoms with Crippen LogP contribution in [0.4, 0.5) is 0 Å². The highest BCUT2D eigenvalue weighted by Crippen LogP contribution is 2.29. The maximum absolute atomic E-state index is 5.84. The molecule has 0 unspecified atom stereocenters. The minimum absolute atomic E-state index is 0.759. The van der Waals surface area contributed by atoms with Crippen LogP contribution in [0.1, 0.15) is 0 Å². The van der Waals surface area contributed by atoms with Crippen molar-refractivity contribution < 1.29 is 0 Å². The summed E-state index contributed by atoms with van der Waals surface area (Å²) in [7, 11) is 0. The molecule has 0 spiro atoms. The van der Waals surface area contributed by atoms with Gasteiger partial charge in [0.1, 0.15) is 0 Å². The number of halogens is 3. The quantitative estimate of drug-likeness (QED) is 0.637. The van der Waals surface area contributed by atoms with Gasteiger partial charge in [-0.2, -0.15) is 0 Å². The molecule has 0 saturated heterocycles. The van der Waals surface area contributed by atoms with Crippen LogP contribution in [0, 0.1) is 0 Å². The smallest absolute Gasteiger partial charge is 0.0406 e. The van der Waals surface area contributed by atoms with Crippen LogP contribution in [0.2, 0.25) is 5.02 Å². The Kier molecular flexibility index (Phi) is 3.49. The normalized spacial score (nSPS) is 10.3.